The summed E-state index contributed by atoms with van der Waals surface area (Å²) < 4.78 is 24.9. The van der Waals surface area contributed by atoms with Crippen LogP contribution in [-0.4, -0.2) is 19.1 Å². The molecule has 2 aromatic carbocycles. The normalized spacial score (nSPS) is 19.4. The first-order chi connectivity index (χ1) is 12.1. The van der Waals surface area contributed by atoms with Crippen molar-refractivity contribution in [2.24, 2.45) is 0 Å². The number of anilines is 2. The minimum absolute atomic E-state index is 0.158. The Bertz CT molecular complexity index is 802. The molecular formula is C18H21N2O4P. The van der Waals surface area contributed by atoms with Gasteiger partial charge in [0.1, 0.15) is 0 Å². The van der Waals surface area contributed by atoms with Crippen molar-refractivity contribution in [3.05, 3.63) is 60.2 Å². The Balaban J connectivity index is 2.22. The molecule has 1 unspecified atom stereocenters. The first-order valence-electron chi connectivity index (χ1n) is 8.21. The van der Waals surface area contributed by atoms with Crippen LogP contribution in [0.1, 0.15) is 19.4 Å². The third kappa shape index (κ3) is 2.86. The molecule has 3 rings (SSSR count). The molecule has 0 fully saturated rings. The van der Waals surface area contributed by atoms with Crippen molar-refractivity contribution in [2.75, 3.05) is 23.8 Å². The van der Waals surface area contributed by atoms with Crippen LogP contribution in [0.2, 0.25) is 0 Å². The maximum Gasteiger partial charge on any atom is 0.370 e. The smallest absolute Gasteiger partial charge is 0.358 e. The molecule has 0 saturated carbocycles. The van der Waals surface area contributed by atoms with Crippen molar-refractivity contribution >= 4 is 24.9 Å². The van der Waals surface area contributed by atoms with Gasteiger partial charge in [-0.1, -0.05) is 36.4 Å². The van der Waals surface area contributed by atoms with E-state index in [1.165, 1.54) is 0 Å². The quantitative estimate of drug-likeness (QED) is 0.725. The molecule has 0 radical (unpaired) electrons. The van der Waals surface area contributed by atoms with Crippen molar-refractivity contribution < 1.29 is 18.4 Å². The standard InChI is InChI=1S/C18H21N2O4P/c1-3-23-25(22,24-4-2)18(20-14-10-6-5-7-11-14)15-12-8-9-13-16(15)19-17(18)21/h5-13,20H,3-4H2,1-2H3,(H,19,21). The Morgan fingerprint density at radius 1 is 1.00 bits per heavy atom. The van der Waals surface area contributed by atoms with Gasteiger partial charge in [0.2, 0.25) is 5.28 Å². The summed E-state index contributed by atoms with van der Waals surface area (Å²) in [5, 5.41) is 4.30. The Hall–Kier alpha value is -2.14. The number of benzene rings is 2. The highest BCUT2D eigenvalue weighted by Gasteiger charge is 2.62. The Morgan fingerprint density at radius 2 is 1.60 bits per heavy atom. The van der Waals surface area contributed by atoms with E-state index >= 15 is 0 Å². The van der Waals surface area contributed by atoms with Gasteiger partial charge in [0.15, 0.2) is 0 Å². The minimum Gasteiger partial charge on any atom is -0.358 e. The fourth-order valence-electron chi connectivity index (χ4n) is 3.01. The van der Waals surface area contributed by atoms with E-state index in [1.54, 1.807) is 44.2 Å². The number of carbonyl (C=O) groups is 1. The average molecular weight is 360 g/mol. The molecule has 2 N–H and O–H groups in total. The van der Waals surface area contributed by atoms with E-state index in [2.05, 4.69) is 10.6 Å². The summed E-state index contributed by atoms with van der Waals surface area (Å²) in [4.78, 5) is 13.0. The Morgan fingerprint density at radius 3 is 2.24 bits per heavy atom. The molecule has 0 aliphatic carbocycles. The molecule has 6 nitrogen and oxygen atoms in total. The van der Waals surface area contributed by atoms with Gasteiger partial charge in [-0.3, -0.25) is 9.36 Å². The second-order valence-electron chi connectivity index (χ2n) is 5.53. The van der Waals surface area contributed by atoms with Crippen molar-refractivity contribution in [1.82, 2.24) is 0 Å². The average Bonchev–Trinajstić information content (AvgIpc) is 2.89. The lowest BCUT2D eigenvalue weighted by Gasteiger charge is -2.35. The highest BCUT2D eigenvalue weighted by Crippen LogP contribution is 2.67. The van der Waals surface area contributed by atoms with Crippen molar-refractivity contribution in [3.63, 3.8) is 0 Å². The lowest BCUT2D eigenvalue weighted by atomic mass is 10.1. The summed E-state index contributed by atoms with van der Waals surface area (Å²) in [6.45, 7) is 3.76. The van der Waals surface area contributed by atoms with Gasteiger partial charge in [-0.15, -0.1) is 0 Å². The largest absolute Gasteiger partial charge is 0.370 e. The second-order valence-corrected chi connectivity index (χ2v) is 7.72. The zero-order valence-electron chi connectivity index (χ0n) is 14.2. The van der Waals surface area contributed by atoms with Crippen LogP contribution in [0.3, 0.4) is 0 Å². The highest BCUT2D eigenvalue weighted by atomic mass is 31.2. The first-order valence-corrected chi connectivity index (χ1v) is 9.75. The molecule has 1 aliphatic rings. The number of carbonyl (C=O) groups excluding carboxylic acids is 1. The van der Waals surface area contributed by atoms with E-state index in [-0.39, 0.29) is 13.2 Å². The SMILES string of the molecule is CCOP(=O)(OCC)C1(Nc2ccccc2)C(=O)Nc2ccccc21. The Labute approximate surface area is 147 Å². The van der Waals surface area contributed by atoms with E-state index in [1.807, 2.05) is 24.3 Å². The van der Waals surface area contributed by atoms with Gasteiger partial charge < -0.3 is 19.7 Å². The lowest BCUT2D eigenvalue weighted by Crippen LogP contribution is -2.43. The first kappa shape index (κ1) is 17.7. The van der Waals surface area contributed by atoms with Crippen LogP contribution in [0.25, 0.3) is 0 Å². The number of amides is 1. The summed E-state index contributed by atoms with van der Waals surface area (Å²) in [7, 11) is -3.88. The minimum atomic E-state index is -3.88. The van der Waals surface area contributed by atoms with E-state index in [4.69, 9.17) is 9.05 Å². The third-order valence-corrected chi connectivity index (χ3v) is 6.58. The third-order valence-electron chi connectivity index (χ3n) is 4.00. The van der Waals surface area contributed by atoms with Crippen LogP contribution in [0, 0.1) is 0 Å². The summed E-state index contributed by atoms with van der Waals surface area (Å²) in [5.41, 5.74) is 1.79. The molecule has 0 bridgehead atoms. The van der Waals surface area contributed by atoms with Crippen LogP contribution in [0.15, 0.2) is 54.6 Å². The molecule has 25 heavy (non-hydrogen) atoms. The van der Waals surface area contributed by atoms with E-state index < -0.39 is 18.8 Å². The topological polar surface area (TPSA) is 76.7 Å². The molecule has 1 amide bonds. The zero-order valence-corrected chi connectivity index (χ0v) is 15.1. The predicted molar refractivity (Wildman–Crippen MR) is 97.7 cm³/mol. The number of rotatable bonds is 7. The lowest BCUT2D eigenvalue weighted by molar-refractivity contribution is -0.118. The molecule has 7 heteroatoms. The highest BCUT2D eigenvalue weighted by molar-refractivity contribution is 7.56. The van der Waals surface area contributed by atoms with Gasteiger partial charge in [0.05, 0.1) is 13.2 Å². The van der Waals surface area contributed by atoms with Crippen molar-refractivity contribution in [2.45, 2.75) is 19.1 Å². The van der Waals surface area contributed by atoms with Gasteiger partial charge in [0, 0.05) is 16.9 Å². The predicted octanol–water partition coefficient (Wildman–Crippen LogP) is 4.17. The molecule has 0 spiro atoms. The summed E-state index contributed by atoms with van der Waals surface area (Å²) in [5.74, 6) is -0.456. The Kier molecular flexibility index (Phi) is 4.95. The number of hydrogen-bond donors (Lipinski definition) is 2. The monoisotopic (exact) mass is 360 g/mol. The van der Waals surface area contributed by atoms with Crippen molar-refractivity contribution in [3.8, 4) is 0 Å². The molecule has 1 heterocycles. The fourth-order valence-corrected chi connectivity index (χ4v) is 5.21. The van der Waals surface area contributed by atoms with Crippen LogP contribution in [0.5, 0.6) is 0 Å². The zero-order chi connectivity index (χ0) is 17.9. The van der Waals surface area contributed by atoms with E-state index in [0.717, 1.165) is 0 Å². The molecule has 132 valence electrons. The summed E-state index contributed by atoms with van der Waals surface area (Å²) in [6.07, 6.45) is 0. The van der Waals surface area contributed by atoms with E-state index in [0.29, 0.717) is 16.9 Å². The number of hydrogen-bond acceptors (Lipinski definition) is 5. The summed E-state index contributed by atoms with van der Waals surface area (Å²) in [6, 6.07) is 16.3. The van der Waals surface area contributed by atoms with Crippen LogP contribution < -0.4 is 10.6 Å². The fraction of sp³-hybridized carbons (Fsp3) is 0.278. The maximum absolute atomic E-state index is 13.7. The molecule has 1 aliphatic heterocycles. The van der Waals surface area contributed by atoms with Crippen LogP contribution in [0.4, 0.5) is 11.4 Å². The van der Waals surface area contributed by atoms with Crippen LogP contribution in [-0.2, 0) is 23.7 Å². The molecule has 2 aromatic rings. The summed E-state index contributed by atoms with van der Waals surface area (Å²) >= 11 is 0. The van der Waals surface area contributed by atoms with Gasteiger partial charge in [-0.2, -0.15) is 0 Å². The van der Waals surface area contributed by atoms with Crippen molar-refractivity contribution in [1.29, 1.82) is 0 Å². The molecule has 1 atom stereocenters. The second kappa shape index (κ2) is 7.00. The molecule has 0 aromatic heterocycles. The number of para-hydroxylation sites is 2. The van der Waals surface area contributed by atoms with Gasteiger partial charge in [-0.25, -0.2) is 0 Å². The number of fused-ring (bicyclic) bond motifs is 1. The van der Waals surface area contributed by atoms with Gasteiger partial charge >= 0.3 is 7.60 Å². The van der Waals surface area contributed by atoms with Crippen LogP contribution >= 0.6 is 7.60 Å². The van der Waals surface area contributed by atoms with Gasteiger partial charge in [0.25, 0.3) is 5.91 Å². The van der Waals surface area contributed by atoms with E-state index in [9.17, 15) is 9.36 Å². The maximum atomic E-state index is 13.7. The van der Waals surface area contributed by atoms with Gasteiger partial charge in [-0.05, 0) is 32.0 Å². The molecular weight excluding hydrogens is 339 g/mol. The number of nitrogens with one attached hydrogen (secondary N) is 2. The molecule has 0 saturated heterocycles.